The minimum Gasteiger partial charge on any atom is -0.141 e. The number of rotatable bonds is 1. The lowest BCUT2D eigenvalue weighted by molar-refractivity contribution is 1.32. The van der Waals surface area contributed by atoms with Gasteiger partial charge in [-0.2, -0.15) is 0 Å². The van der Waals surface area contributed by atoms with Gasteiger partial charge in [0.2, 0.25) is 0 Å². The third-order valence-electron chi connectivity index (χ3n) is 2.88. The maximum atomic E-state index is 3.52. The van der Waals surface area contributed by atoms with Crippen molar-refractivity contribution in [3.05, 3.63) is 55.7 Å². The van der Waals surface area contributed by atoms with Gasteiger partial charge in [0.05, 0.1) is 0 Å². The average Bonchev–Trinajstić information content (AvgIpc) is 2.83. The number of hydrogen-bond donors (Lipinski definition) is 0. The second-order valence-electron chi connectivity index (χ2n) is 4.10. The molecule has 0 aliphatic heterocycles. The van der Waals surface area contributed by atoms with Gasteiger partial charge in [-0.1, -0.05) is 22.0 Å². The lowest BCUT2D eigenvalue weighted by Gasteiger charge is -1.98. The lowest BCUT2D eigenvalue weighted by Crippen LogP contribution is -1.82. The van der Waals surface area contributed by atoms with Gasteiger partial charge >= 0.3 is 0 Å². The van der Waals surface area contributed by atoms with Crippen LogP contribution in [0.25, 0.3) is 11.6 Å². The molecule has 0 saturated carbocycles. The van der Waals surface area contributed by atoms with Gasteiger partial charge in [-0.05, 0) is 60.4 Å². The van der Waals surface area contributed by atoms with Crippen molar-refractivity contribution in [1.29, 1.82) is 0 Å². The van der Waals surface area contributed by atoms with E-state index in [2.05, 4.69) is 59.3 Å². The topological polar surface area (TPSA) is 0 Å². The fourth-order valence-corrected chi connectivity index (χ4v) is 3.33. The van der Waals surface area contributed by atoms with Crippen LogP contribution in [-0.4, -0.2) is 0 Å². The molecule has 1 heterocycles. The summed E-state index contributed by atoms with van der Waals surface area (Å²) in [6.07, 6.45) is 3.38. The molecule has 0 amide bonds. The van der Waals surface area contributed by atoms with Crippen molar-refractivity contribution >= 4 is 38.9 Å². The Balaban J connectivity index is 2.01. The normalized spacial score (nSPS) is 13.8. The molecule has 3 rings (SSSR count). The molecule has 80 valence electrons. The molecule has 16 heavy (non-hydrogen) atoms. The van der Waals surface area contributed by atoms with Crippen molar-refractivity contribution in [3.8, 4) is 0 Å². The molecule has 0 radical (unpaired) electrons. The largest absolute Gasteiger partial charge is 0.141 e. The summed E-state index contributed by atoms with van der Waals surface area (Å²) >= 11 is 5.40. The molecule has 1 aromatic carbocycles. The van der Waals surface area contributed by atoms with Crippen LogP contribution in [0.15, 0.2) is 34.8 Å². The molecule has 1 aliphatic rings. The third-order valence-corrected chi connectivity index (χ3v) is 4.44. The molecule has 0 bridgehead atoms. The first-order valence-electron chi connectivity index (χ1n) is 5.28. The smallest absolute Gasteiger partial charge is 0.0308 e. The van der Waals surface area contributed by atoms with Gasteiger partial charge in [0, 0.05) is 14.2 Å². The summed E-state index contributed by atoms with van der Waals surface area (Å²) in [6, 6.07) is 11.0. The Bertz CT molecular complexity index is 578. The van der Waals surface area contributed by atoms with Crippen LogP contribution < -0.4 is 0 Å². The highest BCUT2D eigenvalue weighted by Gasteiger charge is 2.15. The number of allylic oxidation sites excluding steroid dienone is 1. The van der Waals surface area contributed by atoms with E-state index in [9.17, 15) is 0 Å². The minimum atomic E-state index is 1.07. The zero-order valence-electron chi connectivity index (χ0n) is 8.96. The SMILES string of the molecule is Cc1ccc(C2=Cc3cc(Br)ccc3C2)s1. The molecule has 0 unspecified atom stereocenters. The number of benzene rings is 1. The summed E-state index contributed by atoms with van der Waals surface area (Å²) in [7, 11) is 0. The van der Waals surface area contributed by atoms with Crippen molar-refractivity contribution in [1.82, 2.24) is 0 Å². The maximum absolute atomic E-state index is 3.52. The summed E-state index contributed by atoms with van der Waals surface area (Å²) in [4.78, 5) is 2.79. The average molecular weight is 291 g/mol. The zero-order valence-corrected chi connectivity index (χ0v) is 11.4. The zero-order chi connectivity index (χ0) is 11.1. The summed E-state index contributed by atoms with van der Waals surface area (Å²) in [5.74, 6) is 0. The first-order chi connectivity index (χ1) is 7.72. The number of thiophene rings is 1. The van der Waals surface area contributed by atoms with E-state index in [0.717, 1.165) is 10.9 Å². The molecule has 1 aliphatic carbocycles. The molecule has 0 spiro atoms. The molecule has 2 heteroatoms. The Kier molecular flexibility index (Phi) is 2.49. The van der Waals surface area contributed by atoms with E-state index in [4.69, 9.17) is 0 Å². The van der Waals surface area contributed by atoms with Crippen molar-refractivity contribution in [2.75, 3.05) is 0 Å². The van der Waals surface area contributed by atoms with Gasteiger partial charge in [0.25, 0.3) is 0 Å². The maximum Gasteiger partial charge on any atom is 0.0308 e. The molecule has 0 fully saturated rings. The lowest BCUT2D eigenvalue weighted by atomic mass is 10.1. The molecular weight excluding hydrogens is 280 g/mol. The number of aryl methyl sites for hydroxylation is 1. The second kappa shape index (κ2) is 3.86. The van der Waals surface area contributed by atoms with Crippen LogP contribution >= 0.6 is 27.3 Å². The van der Waals surface area contributed by atoms with Crippen LogP contribution in [0.3, 0.4) is 0 Å². The van der Waals surface area contributed by atoms with E-state index in [-0.39, 0.29) is 0 Å². The van der Waals surface area contributed by atoms with Gasteiger partial charge in [-0.3, -0.25) is 0 Å². The number of hydrogen-bond acceptors (Lipinski definition) is 1. The van der Waals surface area contributed by atoms with Gasteiger partial charge in [0.15, 0.2) is 0 Å². The first kappa shape index (κ1) is 10.3. The van der Waals surface area contributed by atoms with Gasteiger partial charge in [-0.15, -0.1) is 11.3 Å². The predicted octanol–water partition coefficient (Wildman–Crippen LogP) is 4.92. The molecule has 2 aromatic rings. The van der Waals surface area contributed by atoms with Crippen LogP contribution in [0.1, 0.15) is 20.9 Å². The highest BCUT2D eigenvalue weighted by atomic mass is 79.9. The second-order valence-corrected chi connectivity index (χ2v) is 6.30. The van der Waals surface area contributed by atoms with Crippen LogP contribution in [0.5, 0.6) is 0 Å². The third kappa shape index (κ3) is 1.76. The monoisotopic (exact) mass is 290 g/mol. The van der Waals surface area contributed by atoms with Crippen molar-refractivity contribution in [3.63, 3.8) is 0 Å². The van der Waals surface area contributed by atoms with E-state index in [1.165, 1.54) is 26.5 Å². The van der Waals surface area contributed by atoms with Gasteiger partial charge in [-0.25, -0.2) is 0 Å². The van der Waals surface area contributed by atoms with E-state index in [1.807, 2.05) is 11.3 Å². The van der Waals surface area contributed by atoms with Gasteiger partial charge < -0.3 is 0 Å². The van der Waals surface area contributed by atoms with E-state index >= 15 is 0 Å². The fraction of sp³-hybridized carbons (Fsp3) is 0.143. The summed E-state index contributed by atoms with van der Waals surface area (Å²) in [5, 5.41) is 0. The Morgan fingerprint density at radius 2 is 2.06 bits per heavy atom. The summed E-state index contributed by atoms with van der Waals surface area (Å²) < 4.78 is 1.16. The first-order valence-corrected chi connectivity index (χ1v) is 6.89. The quantitative estimate of drug-likeness (QED) is 0.700. The number of fused-ring (bicyclic) bond motifs is 1. The summed E-state index contributed by atoms with van der Waals surface area (Å²) in [6.45, 7) is 2.16. The molecular formula is C14H11BrS. The highest BCUT2D eigenvalue weighted by Crippen LogP contribution is 2.35. The minimum absolute atomic E-state index is 1.07. The van der Waals surface area contributed by atoms with Crippen molar-refractivity contribution in [2.24, 2.45) is 0 Å². The predicted molar refractivity (Wildman–Crippen MR) is 74.8 cm³/mol. The van der Waals surface area contributed by atoms with Crippen LogP contribution in [-0.2, 0) is 6.42 Å². The van der Waals surface area contributed by atoms with Crippen molar-refractivity contribution in [2.45, 2.75) is 13.3 Å². The van der Waals surface area contributed by atoms with Crippen molar-refractivity contribution < 1.29 is 0 Å². The van der Waals surface area contributed by atoms with E-state index in [0.29, 0.717) is 0 Å². The van der Waals surface area contributed by atoms with Crippen LogP contribution in [0, 0.1) is 6.92 Å². The molecule has 0 atom stereocenters. The highest BCUT2D eigenvalue weighted by molar-refractivity contribution is 9.10. The van der Waals surface area contributed by atoms with E-state index in [1.54, 1.807) is 0 Å². The standard InChI is InChI=1S/C14H11BrS/c1-9-2-5-14(16-9)12-6-10-3-4-13(15)8-11(10)7-12/h2-5,7-8H,6H2,1H3. The Hall–Kier alpha value is -0.860. The molecule has 0 nitrogen and oxygen atoms in total. The van der Waals surface area contributed by atoms with Gasteiger partial charge in [0.1, 0.15) is 0 Å². The van der Waals surface area contributed by atoms with Crippen LogP contribution in [0.4, 0.5) is 0 Å². The molecule has 0 saturated heterocycles. The molecule has 0 N–H and O–H groups in total. The number of halogens is 1. The fourth-order valence-electron chi connectivity index (χ4n) is 2.07. The van der Waals surface area contributed by atoms with Crippen LogP contribution in [0.2, 0.25) is 0 Å². The molecule has 1 aromatic heterocycles. The Morgan fingerprint density at radius 1 is 1.19 bits per heavy atom. The van der Waals surface area contributed by atoms with E-state index < -0.39 is 0 Å². The Labute approximate surface area is 108 Å². The Morgan fingerprint density at radius 3 is 2.81 bits per heavy atom. The summed E-state index contributed by atoms with van der Waals surface area (Å²) in [5.41, 5.74) is 4.24.